The minimum atomic E-state index is -0.0661. The van der Waals surface area contributed by atoms with E-state index in [9.17, 15) is 9.59 Å². The quantitative estimate of drug-likeness (QED) is 0.838. The zero-order valence-corrected chi connectivity index (χ0v) is 14.3. The number of amides is 2. The molecule has 2 fully saturated rings. The third kappa shape index (κ3) is 4.36. The van der Waals surface area contributed by atoms with Crippen molar-refractivity contribution in [2.24, 2.45) is 5.92 Å². The SMILES string of the molecule is O=C(NCCn1cccn1)[C@@H]1CCC(=O)N(C2CCCCCC2)C1. The average Bonchev–Trinajstić information content (AvgIpc) is 2.96. The van der Waals surface area contributed by atoms with Gasteiger partial charge in [-0.05, 0) is 25.3 Å². The van der Waals surface area contributed by atoms with Gasteiger partial charge in [0.05, 0.1) is 12.5 Å². The highest BCUT2D eigenvalue weighted by Gasteiger charge is 2.34. The summed E-state index contributed by atoms with van der Waals surface area (Å²) in [6.45, 7) is 1.85. The second kappa shape index (κ2) is 8.31. The molecule has 0 unspecified atom stereocenters. The Labute approximate surface area is 143 Å². The molecule has 2 aliphatic rings. The van der Waals surface area contributed by atoms with Crippen molar-refractivity contribution >= 4 is 11.8 Å². The number of nitrogens with zero attached hydrogens (tertiary/aromatic N) is 3. The zero-order valence-electron chi connectivity index (χ0n) is 14.3. The van der Waals surface area contributed by atoms with Gasteiger partial charge < -0.3 is 10.2 Å². The van der Waals surface area contributed by atoms with Crippen LogP contribution in [-0.4, -0.2) is 45.6 Å². The summed E-state index contributed by atoms with van der Waals surface area (Å²) in [4.78, 5) is 26.8. The molecular formula is C18H28N4O2. The second-order valence-corrected chi connectivity index (χ2v) is 6.99. The Hall–Kier alpha value is -1.85. The summed E-state index contributed by atoms with van der Waals surface area (Å²) < 4.78 is 1.81. The predicted octanol–water partition coefficient (Wildman–Crippen LogP) is 1.96. The van der Waals surface area contributed by atoms with Crippen LogP contribution in [0.2, 0.25) is 0 Å². The van der Waals surface area contributed by atoms with Crippen molar-refractivity contribution in [1.82, 2.24) is 20.0 Å². The van der Waals surface area contributed by atoms with Crippen LogP contribution in [0.1, 0.15) is 51.4 Å². The van der Waals surface area contributed by atoms with E-state index in [1.807, 2.05) is 21.8 Å². The molecule has 1 aliphatic carbocycles. The molecule has 1 aromatic heterocycles. The lowest BCUT2D eigenvalue weighted by atomic mass is 9.93. The largest absolute Gasteiger partial charge is 0.354 e. The van der Waals surface area contributed by atoms with Gasteiger partial charge in [-0.25, -0.2) is 0 Å². The Bertz CT molecular complexity index is 535. The lowest BCUT2D eigenvalue weighted by Crippen LogP contribution is -2.50. The molecule has 0 bridgehead atoms. The van der Waals surface area contributed by atoms with Gasteiger partial charge in [0.1, 0.15) is 0 Å². The van der Waals surface area contributed by atoms with Crippen molar-refractivity contribution in [2.45, 2.75) is 64.0 Å². The first-order valence-electron chi connectivity index (χ1n) is 9.28. The van der Waals surface area contributed by atoms with Gasteiger partial charge in [-0.15, -0.1) is 0 Å². The number of likely N-dealkylation sites (tertiary alicyclic amines) is 1. The molecular weight excluding hydrogens is 304 g/mol. The van der Waals surface area contributed by atoms with Crippen molar-refractivity contribution in [2.75, 3.05) is 13.1 Å². The predicted molar refractivity (Wildman–Crippen MR) is 91.2 cm³/mol. The Morgan fingerprint density at radius 1 is 1.21 bits per heavy atom. The molecule has 132 valence electrons. The van der Waals surface area contributed by atoms with Crippen molar-refractivity contribution < 1.29 is 9.59 Å². The summed E-state index contributed by atoms with van der Waals surface area (Å²) in [6, 6.07) is 2.22. The van der Waals surface area contributed by atoms with Crippen LogP contribution < -0.4 is 5.32 Å². The molecule has 24 heavy (non-hydrogen) atoms. The highest BCUT2D eigenvalue weighted by atomic mass is 16.2. The van der Waals surface area contributed by atoms with Gasteiger partial charge in [0.25, 0.3) is 0 Å². The average molecular weight is 332 g/mol. The number of piperidine rings is 1. The minimum Gasteiger partial charge on any atom is -0.354 e. The summed E-state index contributed by atoms with van der Waals surface area (Å²) in [7, 11) is 0. The third-order valence-electron chi connectivity index (χ3n) is 5.28. The van der Waals surface area contributed by atoms with Crippen LogP contribution in [0.3, 0.4) is 0 Å². The van der Waals surface area contributed by atoms with Gasteiger partial charge in [-0.3, -0.25) is 14.3 Å². The first kappa shape index (κ1) is 17.0. The fourth-order valence-electron chi connectivity index (χ4n) is 3.88. The van der Waals surface area contributed by atoms with E-state index in [-0.39, 0.29) is 17.7 Å². The molecule has 6 nitrogen and oxygen atoms in total. The fourth-order valence-corrected chi connectivity index (χ4v) is 3.88. The van der Waals surface area contributed by atoms with Crippen molar-refractivity contribution in [1.29, 1.82) is 0 Å². The molecule has 1 saturated carbocycles. The lowest BCUT2D eigenvalue weighted by molar-refractivity contribution is -0.141. The number of rotatable bonds is 5. The molecule has 1 atom stereocenters. The summed E-state index contributed by atoms with van der Waals surface area (Å²) in [5, 5.41) is 7.13. The van der Waals surface area contributed by atoms with E-state index in [0.717, 1.165) is 12.8 Å². The van der Waals surface area contributed by atoms with E-state index in [0.29, 0.717) is 38.5 Å². The molecule has 0 aromatic carbocycles. The van der Waals surface area contributed by atoms with Crippen LogP contribution in [0.5, 0.6) is 0 Å². The van der Waals surface area contributed by atoms with E-state index in [1.165, 1.54) is 25.7 Å². The topological polar surface area (TPSA) is 67.2 Å². The van der Waals surface area contributed by atoms with E-state index < -0.39 is 0 Å². The zero-order chi connectivity index (χ0) is 16.8. The number of aromatic nitrogens is 2. The van der Waals surface area contributed by atoms with E-state index >= 15 is 0 Å². The van der Waals surface area contributed by atoms with Crippen molar-refractivity contribution in [3.8, 4) is 0 Å². The molecule has 2 heterocycles. The monoisotopic (exact) mass is 332 g/mol. The fraction of sp³-hybridized carbons (Fsp3) is 0.722. The maximum atomic E-state index is 12.5. The Morgan fingerprint density at radius 3 is 2.71 bits per heavy atom. The second-order valence-electron chi connectivity index (χ2n) is 6.99. The van der Waals surface area contributed by atoms with Crippen LogP contribution in [0, 0.1) is 5.92 Å². The normalized spacial score (nSPS) is 23.1. The number of carbonyl (C=O) groups is 2. The van der Waals surface area contributed by atoms with Crippen LogP contribution in [0.4, 0.5) is 0 Å². The smallest absolute Gasteiger partial charge is 0.224 e. The molecule has 3 rings (SSSR count). The highest BCUT2D eigenvalue weighted by Crippen LogP contribution is 2.27. The maximum Gasteiger partial charge on any atom is 0.224 e. The standard InChI is InChI=1S/C18H28N4O2/c23-17-9-8-15(14-22(17)16-6-3-1-2-4-7-16)18(24)19-11-13-21-12-5-10-20-21/h5,10,12,15-16H,1-4,6-9,11,13-14H2,(H,19,24)/t15-/m1/s1. The molecule has 0 spiro atoms. The number of hydrogen-bond acceptors (Lipinski definition) is 3. The summed E-state index contributed by atoms with van der Waals surface area (Å²) in [5.41, 5.74) is 0. The summed E-state index contributed by atoms with van der Waals surface area (Å²) >= 11 is 0. The molecule has 0 radical (unpaired) electrons. The van der Waals surface area contributed by atoms with Crippen molar-refractivity contribution in [3.05, 3.63) is 18.5 Å². The third-order valence-corrected chi connectivity index (χ3v) is 5.28. The van der Waals surface area contributed by atoms with Crippen LogP contribution in [0.25, 0.3) is 0 Å². The van der Waals surface area contributed by atoms with Gasteiger partial charge >= 0.3 is 0 Å². The van der Waals surface area contributed by atoms with E-state index in [1.54, 1.807) is 6.20 Å². The summed E-state index contributed by atoms with van der Waals surface area (Å²) in [5.74, 6) is 0.249. The number of hydrogen-bond donors (Lipinski definition) is 1. The van der Waals surface area contributed by atoms with Crippen molar-refractivity contribution in [3.63, 3.8) is 0 Å². The van der Waals surface area contributed by atoms with Crippen LogP contribution >= 0.6 is 0 Å². The number of nitrogens with one attached hydrogen (secondary N) is 1. The molecule has 1 saturated heterocycles. The molecule has 1 aromatic rings. The van der Waals surface area contributed by atoms with Gasteiger partial charge in [0, 0.05) is 37.9 Å². The Balaban J connectivity index is 1.50. The summed E-state index contributed by atoms with van der Waals surface area (Å²) in [6.07, 6.45) is 12.0. The first-order chi connectivity index (χ1) is 11.7. The van der Waals surface area contributed by atoms with E-state index in [4.69, 9.17) is 0 Å². The first-order valence-corrected chi connectivity index (χ1v) is 9.28. The van der Waals surface area contributed by atoms with Crippen LogP contribution in [0.15, 0.2) is 18.5 Å². The minimum absolute atomic E-state index is 0.0661. The van der Waals surface area contributed by atoms with E-state index in [2.05, 4.69) is 10.4 Å². The van der Waals surface area contributed by atoms with Gasteiger partial charge in [0.2, 0.25) is 11.8 Å². The Kier molecular flexibility index (Phi) is 5.88. The lowest BCUT2D eigenvalue weighted by Gasteiger charge is -2.37. The highest BCUT2D eigenvalue weighted by molar-refractivity contribution is 5.84. The maximum absolute atomic E-state index is 12.5. The van der Waals surface area contributed by atoms with Gasteiger partial charge in [-0.2, -0.15) is 5.10 Å². The molecule has 1 aliphatic heterocycles. The Morgan fingerprint density at radius 2 is 2.00 bits per heavy atom. The van der Waals surface area contributed by atoms with Gasteiger partial charge in [0.15, 0.2) is 0 Å². The molecule has 1 N–H and O–H groups in total. The number of carbonyl (C=O) groups excluding carboxylic acids is 2. The molecule has 6 heteroatoms. The van der Waals surface area contributed by atoms with Crippen LogP contribution in [-0.2, 0) is 16.1 Å². The molecule has 2 amide bonds. The van der Waals surface area contributed by atoms with Gasteiger partial charge in [-0.1, -0.05) is 25.7 Å².